The third-order valence-electron chi connectivity index (χ3n) is 2.15. The van der Waals surface area contributed by atoms with Crippen molar-refractivity contribution in [1.82, 2.24) is 24.7 Å². The van der Waals surface area contributed by atoms with E-state index in [4.69, 9.17) is 0 Å². The molecule has 2 aromatic rings. The summed E-state index contributed by atoms with van der Waals surface area (Å²) in [5.41, 5.74) is 0.619. The Bertz CT molecular complexity index is 545. The summed E-state index contributed by atoms with van der Waals surface area (Å²) >= 11 is 1.43. The first-order valence-electron chi connectivity index (χ1n) is 4.93. The zero-order chi connectivity index (χ0) is 12.3. The standard InChI is InChI=1S/C9H12N6OS/c1-10-7-4-11-6(3-12-7)5-17-9-14-13-8(16)15(9)2/h3-4H,5H2,1-2H3,(H,10,12)(H,13,16). The molecular weight excluding hydrogens is 240 g/mol. The highest BCUT2D eigenvalue weighted by molar-refractivity contribution is 7.98. The number of aromatic nitrogens is 5. The van der Waals surface area contributed by atoms with E-state index < -0.39 is 0 Å². The fourth-order valence-corrected chi connectivity index (χ4v) is 1.97. The molecule has 0 aromatic carbocycles. The third-order valence-corrected chi connectivity index (χ3v) is 3.21. The highest BCUT2D eigenvalue weighted by Gasteiger charge is 2.05. The van der Waals surface area contributed by atoms with E-state index in [1.54, 1.807) is 26.5 Å². The SMILES string of the molecule is CNc1cnc(CSc2n[nH]c(=O)n2C)cn1. The molecule has 0 unspecified atom stereocenters. The minimum Gasteiger partial charge on any atom is -0.372 e. The van der Waals surface area contributed by atoms with Crippen molar-refractivity contribution in [3.63, 3.8) is 0 Å². The Morgan fingerprint density at radius 3 is 2.82 bits per heavy atom. The minimum atomic E-state index is -0.218. The summed E-state index contributed by atoms with van der Waals surface area (Å²) in [5, 5.41) is 9.80. The smallest absolute Gasteiger partial charge is 0.343 e. The molecule has 0 radical (unpaired) electrons. The Hall–Kier alpha value is -1.83. The van der Waals surface area contributed by atoms with Gasteiger partial charge in [0.1, 0.15) is 5.82 Å². The molecule has 0 saturated carbocycles. The molecule has 7 nitrogen and oxygen atoms in total. The number of H-pyrrole nitrogens is 1. The molecule has 0 aliphatic rings. The van der Waals surface area contributed by atoms with Crippen molar-refractivity contribution < 1.29 is 0 Å². The number of anilines is 1. The van der Waals surface area contributed by atoms with E-state index in [2.05, 4.69) is 25.5 Å². The van der Waals surface area contributed by atoms with Crippen molar-refractivity contribution in [3.05, 3.63) is 28.6 Å². The number of nitrogens with zero attached hydrogens (tertiary/aromatic N) is 4. The molecule has 0 atom stereocenters. The number of aromatic amines is 1. The number of hydrogen-bond donors (Lipinski definition) is 2. The van der Waals surface area contributed by atoms with Gasteiger partial charge in [0.25, 0.3) is 0 Å². The van der Waals surface area contributed by atoms with Crippen LogP contribution in [-0.4, -0.2) is 31.8 Å². The van der Waals surface area contributed by atoms with Gasteiger partial charge in [-0.3, -0.25) is 9.55 Å². The maximum absolute atomic E-state index is 11.1. The molecule has 8 heteroatoms. The van der Waals surface area contributed by atoms with Gasteiger partial charge < -0.3 is 5.32 Å². The number of rotatable bonds is 4. The van der Waals surface area contributed by atoms with Gasteiger partial charge in [-0.25, -0.2) is 14.9 Å². The molecule has 2 N–H and O–H groups in total. The van der Waals surface area contributed by atoms with Gasteiger partial charge >= 0.3 is 5.69 Å². The lowest BCUT2D eigenvalue weighted by Crippen LogP contribution is -2.12. The molecule has 0 bridgehead atoms. The van der Waals surface area contributed by atoms with Gasteiger partial charge in [0, 0.05) is 19.8 Å². The van der Waals surface area contributed by atoms with Crippen molar-refractivity contribution in [1.29, 1.82) is 0 Å². The van der Waals surface area contributed by atoms with Crippen LogP contribution in [0, 0.1) is 0 Å². The van der Waals surface area contributed by atoms with Crippen molar-refractivity contribution in [2.24, 2.45) is 7.05 Å². The van der Waals surface area contributed by atoms with Crippen LogP contribution in [-0.2, 0) is 12.8 Å². The predicted molar refractivity (Wildman–Crippen MR) is 65.0 cm³/mol. The Balaban J connectivity index is 2.02. The summed E-state index contributed by atoms with van der Waals surface area (Å²) in [6.45, 7) is 0. The second-order valence-electron chi connectivity index (χ2n) is 3.30. The number of nitrogens with one attached hydrogen (secondary N) is 2. The van der Waals surface area contributed by atoms with Gasteiger partial charge in [0.05, 0.1) is 18.1 Å². The van der Waals surface area contributed by atoms with E-state index in [1.165, 1.54) is 16.3 Å². The first-order valence-corrected chi connectivity index (χ1v) is 5.92. The van der Waals surface area contributed by atoms with E-state index in [0.717, 1.165) is 11.5 Å². The molecule has 0 saturated heterocycles. The van der Waals surface area contributed by atoms with Crippen molar-refractivity contribution >= 4 is 17.6 Å². The minimum absolute atomic E-state index is 0.218. The lowest BCUT2D eigenvalue weighted by atomic mass is 10.5. The van der Waals surface area contributed by atoms with Crippen LogP contribution >= 0.6 is 11.8 Å². The molecule has 2 aromatic heterocycles. The van der Waals surface area contributed by atoms with Gasteiger partial charge in [0.15, 0.2) is 5.16 Å². The lowest BCUT2D eigenvalue weighted by molar-refractivity contribution is 0.765. The van der Waals surface area contributed by atoms with E-state index in [1.807, 2.05) is 0 Å². The molecule has 2 heterocycles. The van der Waals surface area contributed by atoms with Crippen LogP contribution in [0.1, 0.15) is 5.69 Å². The van der Waals surface area contributed by atoms with Crippen molar-refractivity contribution in [2.75, 3.05) is 12.4 Å². The first kappa shape index (κ1) is 11.6. The summed E-state index contributed by atoms with van der Waals surface area (Å²) in [4.78, 5) is 19.5. The summed E-state index contributed by atoms with van der Waals surface area (Å²) in [6.07, 6.45) is 3.36. The highest BCUT2D eigenvalue weighted by atomic mass is 32.2. The average molecular weight is 252 g/mol. The third kappa shape index (κ3) is 2.64. The van der Waals surface area contributed by atoms with Crippen LogP contribution in [0.5, 0.6) is 0 Å². The van der Waals surface area contributed by atoms with Gasteiger partial charge in [-0.15, -0.1) is 5.10 Å². The molecule has 0 aliphatic heterocycles. The molecule has 90 valence electrons. The van der Waals surface area contributed by atoms with Gasteiger partial charge in [0.2, 0.25) is 0 Å². The monoisotopic (exact) mass is 252 g/mol. The molecular formula is C9H12N6OS. The maximum atomic E-state index is 11.1. The Morgan fingerprint density at radius 1 is 1.47 bits per heavy atom. The molecule has 17 heavy (non-hydrogen) atoms. The van der Waals surface area contributed by atoms with Crippen LogP contribution in [0.15, 0.2) is 22.3 Å². The van der Waals surface area contributed by atoms with E-state index in [0.29, 0.717) is 10.9 Å². The topological polar surface area (TPSA) is 88.5 Å². The number of thioether (sulfide) groups is 1. The molecule has 2 rings (SSSR count). The second kappa shape index (κ2) is 5.00. The predicted octanol–water partition coefficient (Wildman–Crippen LogP) is 0.232. The van der Waals surface area contributed by atoms with Gasteiger partial charge in [-0.1, -0.05) is 11.8 Å². The normalized spacial score (nSPS) is 10.5. The first-order chi connectivity index (χ1) is 8.20. The Labute approximate surface area is 102 Å². The molecule has 0 amide bonds. The van der Waals surface area contributed by atoms with E-state index >= 15 is 0 Å². The van der Waals surface area contributed by atoms with Crippen LogP contribution in [0.25, 0.3) is 0 Å². The van der Waals surface area contributed by atoms with Crippen LogP contribution < -0.4 is 11.0 Å². The largest absolute Gasteiger partial charge is 0.372 e. The Kier molecular flexibility index (Phi) is 3.43. The van der Waals surface area contributed by atoms with Crippen LogP contribution in [0.4, 0.5) is 5.82 Å². The van der Waals surface area contributed by atoms with Gasteiger partial charge in [-0.05, 0) is 0 Å². The zero-order valence-electron chi connectivity index (χ0n) is 9.47. The molecule has 0 spiro atoms. The summed E-state index contributed by atoms with van der Waals surface area (Å²) in [5.74, 6) is 1.35. The lowest BCUT2D eigenvalue weighted by Gasteiger charge is -2.01. The number of hydrogen-bond acceptors (Lipinski definition) is 6. The van der Waals surface area contributed by atoms with Crippen LogP contribution in [0.2, 0.25) is 0 Å². The fourth-order valence-electron chi connectivity index (χ4n) is 1.16. The molecule has 0 aliphatic carbocycles. The van der Waals surface area contributed by atoms with Crippen molar-refractivity contribution in [3.8, 4) is 0 Å². The van der Waals surface area contributed by atoms with Crippen LogP contribution in [0.3, 0.4) is 0 Å². The van der Waals surface area contributed by atoms with E-state index in [9.17, 15) is 4.79 Å². The van der Waals surface area contributed by atoms with Gasteiger partial charge in [-0.2, -0.15) is 0 Å². The second-order valence-corrected chi connectivity index (χ2v) is 4.24. The Morgan fingerprint density at radius 2 is 2.29 bits per heavy atom. The average Bonchev–Trinajstić information content (AvgIpc) is 2.68. The summed E-state index contributed by atoms with van der Waals surface area (Å²) in [6, 6.07) is 0. The van der Waals surface area contributed by atoms with Crippen molar-refractivity contribution in [2.45, 2.75) is 10.9 Å². The summed E-state index contributed by atoms with van der Waals surface area (Å²) in [7, 11) is 3.46. The molecule has 0 fully saturated rings. The zero-order valence-corrected chi connectivity index (χ0v) is 10.3. The highest BCUT2D eigenvalue weighted by Crippen LogP contribution is 2.17. The van der Waals surface area contributed by atoms with E-state index in [-0.39, 0.29) is 5.69 Å². The fraction of sp³-hybridized carbons (Fsp3) is 0.333. The summed E-state index contributed by atoms with van der Waals surface area (Å²) < 4.78 is 1.46. The maximum Gasteiger partial charge on any atom is 0.343 e. The quantitative estimate of drug-likeness (QED) is 0.757.